The van der Waals surface area contributed by atoms with E-state index >= 15 is 0 Å². The second-order valence-corrected chi connectivity index (χ2v) is 7.41. The Balaban J connectivity index is 2.03. The van der Waals surface area contributed by atoms with Crippen molar-refractivity contribution >= 4 is 21.8 Å². The fraction of sp³-hybridized carbons (Fsp3) is 0.438. The van der Waals surface area contributed by atoms with Crippen LogP contribution >= 0.6 is 0 Å². The van der Waals surface area contributed by atoms with Gasteiger partial charge in [0.1, 0.15) is 0 Å². The summed E-state index contributed by atoms with van der Waals surface area (Å²) in [5.74, 6) is 5.46. The number of benzene rings is 1. The van der Waals surface area contributed by atoms with E-state index in [9.17, 15) is 13.2 Å². The Bertz CT molecular complexity index is 713. The molecule has 1 fully saturated rings. The summed E-state index contributed by atoms with van der Waals surface area (Å²) in [6.07, 6.45) is 3.28. The molecule has 124 valence electrons. The molecule has 0 radical (unpaired) electrons. The van der Waals surface area contributed by atoms with E-state index in [1.54, 1.807) is 24.3 Å². The molecule has 0 bridgehead atoms. The largest absolute Gasteiger partial charge is 0.465 e. The lowest BCUT2D eigenvalue weighted by Gasteiger charge is -2.22. The molecule has 0 saturated heterocycles. The number of amides is 1. The summed E-state index contributed by atoms with van der Waals surface area (Å²) in [6.45, 7) is 0.0212. The van der Waals surface area contributed by atoms with Crippen molar-refractivity contribution in [3.05, 3.63) is 29.8 Å². The van der Waals surface area contributed by atoms with E-state index in [4.69, 9.17) is 5.11 Å². The highest BCUT2D eigenvalue weighted by Gasteiger charge is 2.27. The molecule has 23 heavy (non-hydrogen) atoms. The van der Waals surface area contributed by atoms with Gasteiger partial charge in [0.15, 0.2) is 0 Å². The number of hydrogen-bond donors (Lipinski definition) is 3. The number of carboxylic acid groups (broad SMARTS) is 1. The summed E-state index contributed by atoms with van der Waals surface area (Å²) >= 11 is 0. The Morgan fingerprint density at radius 2 is 2.00 bits per heavy atom. The lowest BCUT2D eigenvalue weighted by atomic mass is 10.0. The topological polar surface area (TPSA) is 95.5 Å². The average Bonchev–Trinajstić information content (AvgIpc) is 2.52. The molecule has 6 nitrogen and oxygen atoms in total. The van der Waals surface area contributed by atoms with E-state index in [0.29, 0.717) is 24.1 Å². The standard InChI is InChI=1S/C16H20N2O4S/c19-16(20)17-11-5-7-13-6-4-8-14(12-13)18-23(21,22)15-9-2-1-3-10-15/h4,6,8,12,15,17-18H,1-3,9-11H2,(H,19,20). The number of sulfonamides is 1. The number of rotatable bonds is 4. The Hall–Kier alpha value is -2.20. The monoisotopic (exact) mass is 336 g/mol. The first-order valence-electron chi connectivity index (χ1n) is 7.55. The van der Waals surface area contributed by atoms with Gasteiger partial charge in [-0.1, -0.05) is 37.2 Å². The molecule has 0 unspecified atom stereocenters. The first-order chi connectivity index (χ1) is 11.0. The SMILES string of the molecule is O=C(O)NCC#Cc1cccc(NS(=O)(=O)C2CCCCC2)c1. The van der Waals surface area contributed by atoms with Gasteiger partial charge < -0.3 is 10.4 Å². The van der Waals surface area contributed by atoms with Gasteiger partial charge in [-0.2, -0.15) is 0 Å². The first kappa shape index (κ1) is 17.2. The van der Waals surface area contributed by atoms with Crippen LogP contribution in [0.5, 0.6) is 0 Å². The third kappa shape index (κ3) is 5.49. The minimum Gasteiger partial charge on any atom is -0.465 e. The lowest BCUT2D eigenvalue weighted by molar-refractivity contribution is 0.196. The van der Waals surface area contributed by atoms with Crippen molar-refractivity contribution in [3.8, 4) is 11.8 Å². The van der Waals surface area contributed by atoms with Gasteiger partial charge in [0.05, 0.1) is 11.8 Å². The van der Waals surface area contributed by atoms with Crippen LogP contribution in [0, 0.1) is 11.8 Å². The highest BCUT2D eigenvalue weighted by Crippen LogP contribution is 2.25. The minimum absolute atomic E-state index is 0.0212. The van der Waals surface area contributed by atoms with Crippen molar-refractivity contribution in [1.82, 2.24) is 5.32 Å². The molecule has 7 heteroatoms. The predicted octanol–water partition coefficient (Wildman–Crippen LogP) is 2.38. The number of anilines is 1. The van der Waals surface area contributed by atoms with E-state index in [2.05, 4.69) is 21.9 Å². The smallest absolute Gasteiger partial charge is 0.405 e. The van der Waals surface area contributed by atoms with Gasteiger partial charge >= 0.3 is 6.09 Å². The molecule has 1 saturated carbocycles. The zero-order valence-electron chi connectivity index (χ0n) is 12.7. The van der Waals surface area contributed by atoms with Gasteiger partial charge in [-0.3, -0.25) is 4.72 Å². The quantitative estimate of drug-likeness (QED) is 0.736. The van der Waals surface area contributed by atoms with E-state index < -0.39 is 16.1 Å². The van der Waals surface area contributed by atoms with Crippen molar-refractivity contribution in [1.29, 1.82) is 0 Å². The zero-order valence-corrected chi connectivity index (χ0v) is 13.5. The number of carbonyl (C=O) groups is 1. The normalized spacial score (nSPS) is 15.3. The van der Waals surface area contributed by atoms with Crippen LogP contribution in [0.15, 0.2) is 24.3 Å². The van der Waals surface area contributed by atoms with Crippen LogP contribution in [0.25, 0.3) is 0 Å². The van der Waals surface area contributed by atoms with Crippen LogP contribution in [0.4, 0.5) is 10.5 Å². The van der Waals surface area contributed by atoms with Gasteiger partial charge in [0.25, 0.3) is 0 Å². The second-order valence-electron chi connectivity index (χ2n) is 5.45. The van der Waals surface area contributed by atoms with Crippen LogP contribution in [0.3, 0.4) is 0 Å². The van der Waals surface area contributed by atoms with Crippen molar-refractivity contribution in [2.45, 2.75) is 37.4 Å². The van der Waals surface area contributed by atoms with Crippen molar-refractivity contribution in [2.75, 3.05) is 11.3 Å². The minimum atomic E-state index is -3.38. The first-order valence-corrected chi connectivity index (χ1v) is 9.09. The molecule has 0 spiro atoms. The van der Waals surface area contributed by atoms with Crippen LogP contribution < -0.4 is 10.0 Å². The predicted molar refractivity (Wildman–Crippen MR) is 88.8 cm³/mol. The van der Waals surface area contributed by atoms with E-state index in [0.717, 1.165) is 19.3 Å². The zero-order chi connectivity index (χ0) is 16.7. The van der Waals surface area contributed by atoms with Gasteiger partial charge in [0.2, 0.25) is 10.0 Å². The van der Waals surface area contributed by atoms with E-state index in [-0.39, 0.29) is 11.8 Å². The molecule has 1 aromatic carbocycles. The Morgan fingerprint density at radius 3 is 2.70 bits per heavy atom. The lowest BCUT2D eigenvalue weighted by Crippen LogP contribution is -2.29. The molecular weight excluding hydrogens is 316 g/mol. The third-order valence-electron chi connectivity index (χ3n) is 3.67. The highest BCUT2D eigenvalue weighted by atomic mass is 32.2. The summed E-state index contributed by atoms with van der Waals surface area (Å²) in [5, 5.41) is 10.3. The summed E-state index contributed by atoms with van der Waals surface area (Å²) in [7, 11) is -3.38. The van der Waals surface area contributed by atoms with Gasteiger partial charge in [-0.15, -0.1) is 0 Å². The van der Waals surface area contributed by atoms with E-state index in [1.165, 1.54) is 0 Å². The third-order valence-corrected chi connectivity index (χ3v) is 5.54. The molecule has 1 aliphatic carbocycles. The fourth-order valence-electron chi connectivity index (χ4n) is 2.55. The molecule has 1 aromatic rings. The van der Waals surface area contributed by atoms with Crippen molar-refractivity contribution < 1.29 is 18.3 Å². The number of hydrogen-bond acceptors (Lipinski definition) is 3. The summed E-state index contributed by atoms with van der Waals surface area (Å²) in [5.41, 5.74) is 1.11. The molecule has 0 aliphatic heterocycles. The van der Waals surface area contributed by atoms with Crippen LogP contribution in [-0.4, -0.2) is 31.4 Å². The van der Waals surface area contributed by atoms with Gasteiger partial charge in [-0.25, -0.2) is 13.2 Å². The van der Waals surface area contributed by atoms with Crippen molar-refractivity contribution in [2.24, 2.45) is 0 Å². The second kappa shape index (κ2) is 7.88. The summed E-state index contributed by atoms with van der Waals surface area (Å²) in [6, 6.07) is 6.79. The van der Waals surface area contributed by atoms with Crippen LogP contribution in [-0.2, 0) is 10.0 Å². The molecule has 0 atom stereocenters. The maximum absolute atomic E-state index is 12.4. The number of nitrogens with one attached hydrogen (secondary N) is 2. The van der Waals surface area contributed by atoms with E-state index in [1.807, 2.05) is 0 Å². The van der Waals surface area contributed by atoms with Crippen LogP contribution in [0.1, 0.15) is 37.7 Å². The van der Waals surface area contributed by atoms with Crippen LogP contribution in [0.2, 0.25) is 0 Å². The average molecular weight is 336 g/mol. The molecule has 1 amide bonds. The highest BCUT2D eigenvalue weighted by molar-refractivity contribution is 7.93. The summed E-state index contributed by atoms with van der Waals surface area (Å²) < 4.78 is 27.4. The fourth-order valence-corrected chi connectivity index (χ4v) is 4.13. The maximum Gasteiger partial charge on any atom is 0.405 e. The van der Waals surface area contributed by atoms with Crippen molar-refractivity contribution in [3.63, 3.8) is 0 Å². The molecule has 0 aromatic heterocycles. The van der Waals surface area contributed by atoms with Gasteiger partial charge in [-0.05, 0) is 31.0 Å². The Morgan fingerprint density at radius 1 is 1.26 bits per heavy atom. The van der Waals surface area contributed by atoms with Gasteiger partial charge in [0, 0.05) is 11.3 Å². The Kier molecular flexibility index (Phi) is 5.88. The molecule has 1 aliphatic rings. The summed E-state index contributed by atoms with van der Waals surface area (Å²) in [4.78, 5) is 10.3. The maximum atomic E-state index is 12.4. The molecule has 3 N–H and O–H groups in total. The molecular formula is C16H20N2O4S. The molecule has 0 heterocycles. The molecule has 2 rings (SSSR count). The Labute approximate surface area is 136 Å².